The summed E-state index contributed by atoms with van der Waals surface area (Å²) in [5.41, 5.74) is 0. The Balaban J connectivity index is 4.89. The molecule has 50 heavy (non-hydrogen) atoms. The van der Waals surface area contributed by atoms with Crippen molar-refractivity contribution in [2.24, 2.45) is 0 Å². The van der Waals surface area contributed by atoms with Gasteiger partial charge in [-0.05, 0) is 77.4 Å². The van der Waals surface area contributed by atoms with Crippen molar-refractivity contribution >= 4 is 28.9 Å². The fraction of sp³-hybridized carbons (Fsp3) is 0.881. The summed E-state index contributed by atoms with van der Waals surface area (Å²) < 4.78 is 11.4. The van der Waals surface area contributed by atoms with E-state index in [1.54, 1.807) is 0 Å². The van der Waals surface area contributed by atoms with E-state index < -0.39 is 0 Å². The first-order chi connectivity index (χ1) is 24.4. The third-order valence-corrected chi connectivity index (χ3v) is 10.4. The van der Waals surface area contributed by atoms with Gasteiger partial charge in [0.2, 0.25) is 0 Å². The molecule has 0 fully saturated rings. The SMILES string of the molecule is CCCCCC/C=C\COC(=O)CCCN(CCCC(=O)OC(CCCCCCCC)CCCCCCCC)C(=O)SCCCN(CC)CC. The van der Waals surface area contributed by atoms with Gasteiger partial charge in [-0.3, -0.25) is 14.4 Å². The first-order valence-corrected chi connectivity index (χ1v) is 22.0. The van der Waals surface area contributed by atoms with Crippen LogP contribution in [0.2, 0.25) is 0 Å². The summed E-state index contributed by atoms with van der Waals surface area (Å²) in [5.74, 6) is 0.387. The molecule has 0 heterocycles. The first kappa shape index (κ1) is 48.5. The molecule has 0 rings (SSSR count). The molecule has 0 saturated heterocycles. The Bertz CT molecular complexity index is 804. The van der Waals surface area contributed by atoms with Crippen LogP contribution < -0.4 is 0 Å². The fourth-order valence-corrected chi connectivity index (χ4v) is 6.91. The highest BCUT2D eigenvalue weighted by molar-refractivity contribution is 8.13. The summed E-state index contributed by atoms with van der Waals surface area (Å²) in [7, 11) is 0. The van der Waals surface area contributed by atoms with Crippen LogP contribution in [0.25, 0.3) is 0 Å². The van der Waals surface area contributed by atoms with Crippen LogP contribution in [-0.4, -0.2) is 78.2 Å². The number of carbonyl (C=O) groups is 3. The zero-order valence-corrected chi connectivity index (χ0v) is 34.3. The van der Waals surface area contributed by atoms with E-state index in [9.17, 15) is 14.4 Å². The lowest BCUT2D eigenvalue weighted by Crippen LogP contribution is -2.31. The molecular weight excluding hydrogens is 645 g/mol. The molecule has 0 aliphatic carbocycles. The highest BCUT2D eigenvalue weighted by Crippen LogP contribution is 2.19. The molecule has 7 nitrogen and oxygen atoms in total. The van der Waals surface area contributed by atoms with Gasteiger partial charge in [-0.2, -0.15) is 0 Å². The summed E-state index contributed by atoms with van der Waals surface area (Å²) in [4.78, 5) is 42.8. The minimum Gasteiger partial charge on any atom is -0.462 e. The zero-order valence-electron chi connectivity index (χ0n) is 33.5. The number of thioether (sulfide) groups is 1. The van der Waals surface area contributed by atoms with E-state index in [2.05, 4.69) is 45.6 Å². The molecule has 0 saturated carbocycles. The van der Waals surface area contributed by atoms with Gasteiger partial charge in [0.25, 0.3) is 5.24 Å². The van der Waals surface area contributed by atoms with Crippen LogP contribution >= 0.6 is 11.8 Å². The smallest absolute Gasteiger partial charge is 0.306 e. The van der Waals surface area contributed by atoms with Gasteiger partial charge in [0, 0.05) is 31.7 Å². The molecular formula is C42H80N2O5S. The number of esters is 2. The molecule has 0 atom stereocenters. The maximum absolute atomic E-state index is 13.3. The number of carbonyl (C=O) groups excluding carboxylic acids is 3. The van der Waals surface area contributed by atoms with Crippen LogP contribution in [0.1, 0.15) is 189 Å². The molecule has 0 spiro atoms. The molecule has 0 aromatic carbocycles. The first-order valence-electron chi connectivity index (χ1n) is 21.1. The van der Waals surface area contributed by atoms with E-state index >= 15 is 0 Å². The van der Waals surface area contributed by atoms with E-state index in [1.807, 2.05) is 11.0 Å². The molecule has 1 amide bonds. The molecule has 0 aromatic rings. The van der Waals surface area contributed by atoms with E-state index in [4.69, 9.17) is 9.47 Å². The Hall–Kier alpha value is -1.54. The largest absolute Gasteiger partial charge is 0.462 e. The lowest BCUT2D eigenvalue weighted by atomic mass is 10.0. The Morgan fingerprint density at radius 3 is 1.66 bits per heavy atom. The van der Waals surface area contributed by atoms with Gasteiger partial charge in [0.1, 0.15) is 12.7 Å². The molecule has 0 unspecified atom stereocenters. The van der Waals surface area contributed by atoms with Crippen molar-refractivity contribution < 1.29 is 23.9 Å². The second kappa shape index (κ2) is 37.2. The monoisotopic (exact) mass is 725 g/mol. The summed E-state index contributed by atoms with van der Waals surface area (Å²) in [6, 6.07) is 0. The van der Waals surface area contributed by atoms with Gasteiger partial charge < -0.3 is 19.3 Å². The number of rotatable bonds is 36. The van der Waals surface area contributed by atoms with Gasteiger partial charge >= 0.3 is 11.9 Å². The average molecular weight is 725 g/mol. The number of hydrogen-bond donors (Lipinski definition) is 0. The van der Waals surface area contributed by atoms with Crippen LogP contribution in [-0.2, 0) is 19.1 Å². The van der Waals surface area contributed by atoms with Crippen LogP contribution in [0.15, 0.2) is 12.2 Å². The number of nitrogens with zero attached hydrogens (tertiary/aromatic N) is 2. The number of ether oxygens (including phenoxy) is 2. The van der Waals surface area contributed by atoms with Crippen molar-refractivity contribution in [2.45, 2.75) is 195 Å². The number of amides is 1. The van der Waals surface area contributed by atoms with Gasteiger partial charge in [0.05, 0.1) is 0 Å². The molecule has 8 heteroatoms. The second-order valence-electron chi connectivity index (χ2n) is 13.9. The van der Waals surface area contributed by atoms with Crippen molar-refractivity contribution in [2.75, 3.05) is 45.1 Å². The Morgan fingerprint density at radius 2 is 1.10 bits per heavy atom. The maximum atomic E-state index is 13.3. The predicted molar refractivity (Wildman–Crippen MR) is 215 cm³/mol. The Morgan fingerprint density at radius 1 is 0.580 bits per heavy atom. The van der Waals surface area contributed by atoms with Crippen molar-refractivity contribution in [3.8, 4) is 0 Å². The lowest BCUT2D eigenvalue weighted by Gasteiger charge is -2.23. The molecule has 0 bridgehead atoms. The van der Waals surface area contributed by atoms with Gasteiger partial charge in [-0.1, -0.05) is 142 Å². The van der Waals surface area contributed by atoms with E-state index in [0.717, 1.165) is 63.9 Å². The molecule has 0 aliphatic rings. The number of hydrogen-bond acceptors (Lipinski definition) is 7. The third kappa shape index (κ3) is 31.2. The third-order valence-electron chi connectivity index (χ3n) is 9.40. The minimum absolute atomic E-state index is 0.000799. The zero-order chi connectivity index (χ0) is 36.9. The van der Waals surface area contributed by atoms with Crippen LogP contribution in [0.4, 0.5) is 4.79 Å². The topological polar surface area (TPSA) is 76.1 Å². The molecule has 0 radical (unpaired) electrons. The lowest BCUT2D eigenvalue weighted by molar-refractivity contribution is -0.150. The van der Waals surface area contributed by atoms with Gasteiger partial charge in [-0.25, -0.2) is 0 Å². The minimum atomic E-state index is -0.231. The van der Waals surface area contributed by atoms with Crippen LogP contribution in [0.5, 0.6) is 0 Å². The molecule has 294 valence electrons. The highest BCUT2D eigenvalue weighted by atomic mass is 32.2. The van der Waals surface area contributed by atoms with Gasteiger partial charge in [-0.15, -0.1) is 0 Å². The molecule has 0 aliphatic heterocycles. The normalized spacial score (nSPS) is 11.6. The van der Waals surface area contributed by atoms with Crippen molar-refractivity contribution in [1.82, 2.24) is 9.80 Å². The fourth-order valence-electron chi connectivity index (χ4n) is 6.10. The standard InChI is InChI=1S/C42H80N2O5S/c1-6-11-14-17-20-23-26-37-48-40(45)32-27-35-44(42(47)50-38-29-34-43(9-4)10-5)36-28-33-41(46)49-39(30-24-21-18-15-12-7-2)31-25-22-19-16-13-8-3/h23,26,39H,6-22,24-25,27-38H2,1-5H3/b26-23-. The molecule has 0 N–H and O–H groups in total. The summed E-state index contributed by atoms with van der Waals surface area (Å²) in [6.07, 6.45) is 29.4. The van der Waals surface area contributed by atoms with Crippen molar-refractivity contribution in [3.63, 3.8) is 0 Å². The van der Waals surface area contributed by atoms with Crippen LogP contribution in [0, 0.1) is 0 Å². The van der Waals surface area contributed by atoms with E-state index in [1.165, 1.54) is 102 Å². The molecule has 0 aromatic heterocycles. The number of allylic oxidation sites excluding steroid dienone is 1. The predicted octanol–water partition coefficient (Wildman–Crippen LogP) is 11.9. The average Bonchev–Trinajstić information content (AvgIpc) is 3.11. The summed E-state index contributed by atoms with van der Waals surface area (Å²) in [5, 5.41) is 0.0290. The Labute approximate surface area is 313 Å². The second-order valence-corrected chi connectivity index (χ2v) is 15.0. The highest BCUT2D eigenvalue weighted by Gasteiger charge is 2.18. The van der Waals surface area contributed by atoms with Gasteiger partial charge in [0.15, 0.2) is 0 Å². The van der Waals surface area contributed by atoms with Crippen molar-refractivity contribution in [1.29, 1.82) is 0 Å². The summed E-state index contributed by atoms with van der Waals surface area (Å²) >= 11 is 1.35. The quantitative estimate of drug-likeness (QED) is 0.0362. The Kier molecular flexibility index (Phi) is 36.1. The van der Waals surface area contributed by atoms with Crippen LogP contribution in [0.3, 0.4) is 0 Å². The van der Waals surface area contributed by atoms with Crippen molar-refractivity contribution in [3.05, 3.63) is 12.2 Å². The summed E-state index contributed by atoms with van der Waals surface area (Å²) in [6.45, 7) is 15.3. The maximum Gasteiger partial charge on any atom is 0.306 e. The van der Waals surface area contributed by atoms with E-state index in [-0.39, 0.29) is 29.7 Å². The van der Waals surface area contributed by atoms with E-state index in [0.29, 0.717) is 39.0 Å². The number of unbranched alkanes of at least 4 members (excludes halogenated alkanes) is 14.